The van der Waals surface area contributed by atoms with Crippen LogP contribution in [-0.4, -0.2) is 37.1 Å². The Balaban J connectivity index is 2.58. The summed E-state index contributed by atoms with van der Waals surface area (Å²) in [7, 11) is 1.69. The lowest BCUT2D eigenvalue weighted by Crippen LogP contribution is -2.44. The van der Waals surface area contributed by atoms with E-state index >= 15 is 0 Å². The molecule has 1 rings (SSSR count). The fourth-order valence-corrected chi connectivity index (χ4v) is 2.36. The van der Waals surface area contributed by atoms with Crippen LogP contribution >= 0.6 is 0 Å². The second-order valence-corrected chi connectivity index (χ2v) is 4.81. The summed E-state index contributed by atoms with van der Waals surface area (Å²) in [6.07, 6.45) is 5.41. The van der Waals surface area contributed by atoms with Gasteiger partial charge in [0.1, 0.15) is 0 Å². The third kappa shape index (κ3) is 4.00. The summed E-state index contributed by atoms with van der Waals surface area (Å²) >= 11 is 0. The van der Waals surface area contributed by atoms with Crippen molar-refractivity contribution >= 4 is 11.9 Å². The van der Waals surface area contributed by atoms with Crippen LogP contribution in [0.3, 0.4) is 0 Å². The van der Waals surface area contributed by atoms with E-state index < -0.39 is 11.4 Å². The molecule has 98 valence electrons. The molecule has 0 radical (unpaired) electrons. The Morgan fingerprint density at radius 3 is 2.24 bits per heavy atom. The van der Waals surface area contributed by atoms with E-state index in [1.165, 1.54) is 0 Å². The molecule has 0 unspecified atom stereocenters. The van der Waals surface area contributed by atoms with E-state index in [9.17, 15) is 14.7 Å². The Kier molecular flexibility index (Phi) is 5.41. The van der Waals surface area contributed by atoms with E-state index in [4.69, 9.17) is 0 Å². The number of nitrogens with one attached hydrogen (secondary N) is 2. The van der Waals surface area contributed by atoms with Gasteiger partial charge in [-0.1, -0.05) is 25.7 Å². The first-order valence-electron chi connectivity index (χ1n) is 6.25. The standard InChI is InChI=1S/C12H22N2O3/c1-13-8-10(15)14-9-12(11(16)17)6-4-2-3-5-7-12/h13H,2-9H2,1H3,(H,14,15)(H,16,17). The topological polar surface area (TPSA) is 78.4 Å². The molecule has 3 N–H and O–H groups in total. The number of hydrogen-bond acceptors (Lipinski definition) is 3. The van der Waals surface area contributed by atoms with Crippen molar-refractivity contribution in [2.24, 2.45) is 5.41 Å². The van der Waals surface area contributed by atoms with Crippen molar-refractivity contribution in [3.8, 4) is 0 Å². The minimum absolute atomic E-state index is 0.141. The molecule has 1 amide bonds. The van der Waals surface area contributed by atoms with Crippen LogP contribution in [0, 0.1) is 5.41 Å². The maximum absolute atomic E-state index is 11.4. The molecular formula is C12H22N2O3. The Labute approximate surface area is 102 Å². The van der Waals surface area contributed by atoms with Gasteiger partial charge in [0.25, 0.3) is 0 Å². The number of hydrogen-bond donors (Lipinski definition) is 3. The van der Waals surface area contributed by atoms with Crippen LogP contribution < -0.4 is 10.6 Å². The molecule has 0 saturated heterocycles. The number of aliphatic carboxylic acids is 1. The Morgan fingerprint density at radius 2 is 1.76 bits per heavy atom. The molecule has 0 heterocycles. The molecule has 5 heteroatoms. The first-order chi connectivity index (χ1) is 8.10. The summed E-state index contributed by atoms with van der Waals surface area (Å²) in [6.45, 7) is 0.485. The van der Waals surface area contributed by atoms with Crippen molar-refractivity contribution < 1.29 is 14.7 Å². The molecule has 0 bridgehead atoms. The number of carboxylic acids is 1. The highest BCUT2D eigenvalue weighted by Crippen LogP contribution is 2.34. The molecule has 0 spiro atoms. The fraction of sp³-hybridized carbons (Fsp3) is 0.833. The highest BCUT2D eigenvalue weighted by atomic mass is 16.4. The Morgan fingerprint density at radius 1 is 1.18 bits per heavy atom. The lowest BCUT2D eigenvalue weighted by molar-refractivity contribution is -0.149. The van der Waals surface area contributed by atoms with Crippen molar-refractivity contribution in [1.29, 1.82) is 0 Å². The summed E-state index contributed by atoms with van der Waals surface area (Å²) in [5.74, 6) is -0.915. The van der Waals surface area contributed by atoms with Gasteiger partial charge in [-0.25, -0.2) is 0 Å². The third-order valence-corrected chi connectivity index (χ3v) is 3.48. The highest BCUT2D eigenvalue weighted by Gasteiger charge is 2.38. The number of carboxylic acid groups (broad SMARTS) is 1. The van der Waals surface area contributed by atoms with Gasteiger partial charge >= 0.3 is 5.97 Å². The van der Waals surface area contributed by atoms with Crippen LogP contribution in [0.1, 0.15) is 38.5 Å². The molecule has 1 fully saturated rings. The summed E-state index contributed by atoms with van der Waals surface area (Å²) in [5.41, 5.74) is -0.750. The molecule has 0 atom stereocenters. The summed E-state index contributed by atoms with van der Waals surface area (Å²) in [5, 5.41) is 14.9. The van der Waals surface area contributed by atoms with E-state index in [1.807, 2.05) is 0 Å². The second kappa shape index (κ2) is 6.59. The van der Waals surface area contributed by atoms with E-state index in [0.717, 1.165) is 25.7 Å². The summed E-state index contributed by atoms with van der Waals surface area (Å²) < 4.78 is 0. The van der Waals surface area contributed by atoms with Gasteiger partial charge in [-0.15, -0.1) is 0 Å². The van der Waals surface area contributed by atoms with Crippen LogP contribution in [-0.2, 0) is 9.59 Å². The molecule has 0 aromatic rings. The predicted octanol–water partition coefficient (Wildman–Crippen LogP) is 0.747. The molecular weight excluding hydrogens is 220 g/mol. The van der Waals surface area contributed by atoms with Gasteiger partial charge < -0.3 is 15.7 Å². The van der Waals surface area contributed by atoms with Gasteiger partial charge in [-0.2, -0.15) is 0 Å². The maximum Gasteiger partial charge on any atom is 0.311 e. The van der Waals surface area contributed by atoms with Gasteiger partial charge in [0.15, 0.2) is 0 Å². The molecule has 1 saturated carbocycles. The fourth-order valence-electron chi connectivity index (χ4n) is 2.36. The van der Waals surface area contributed by atoms with E-state index in [1.54, 1.807) is 7.05 Å². The third-order valence-electron chi connectivity index (χ3n) is 3.48. The summed E-state index contributed by atoms with van der Waals surface area (Å²) in [4.78, 5) is 22.8. The molecule has 0 aromatic heterocycles. The molecule has 17 heavy (non-hydrogen) atoms. The monoisotopic (exact) mass is 242 g/mol. The van der Waals surface area contributed by atoms with E-state index in [-0.39, 0.29) is 19.0 Å². The number of likely N-dealkylation sites (N-methyl/N-ethyl adjacent to an activating group) is 1. The zero-order valence-electron chi connectivity index (χ0n) is 10.4. The minimum atomic E-state index is -0.774. The normalized spacial score (nSPS) is 19.4. The van der Waals surface area contributed by atoms with Gasteiger partial charge in [0.05, 0.1) is 12.0 Å². The maximum atomic E-state index is 11.4. The summed E-state index contributed by atoms with van der Waals surface area (Å²) in [6, 6.07) is 0. The number of carbonyl (C=O) groups is 2. The predicted molar refractivity (Wildman–Crippen MR) is 64.7 cm³/mol. The van der Waals surface area contributed by atoms with Crippen molar-refractivity contribution in [2.75, 3.05) is 20.1 Å². The molecule has 1 aliphatic carbocycles. The first-order valence-corrected chi connectivity index (χ1v) is 6.25. The zero-order chi connectivity index (χ0) is 12.7. The van der Waals surface area contributed by atoms with Gasteiger partial charge in [0, 0.05) is 6.54 Å². The first kappa shape index (κ1) is 14.0. The number of amides is 1. The average Bonchev–Trinajstić information content (AvgIpc) is 2.53. The van der Waals surface area contributed by atoms with Crippen molar-refractivity contribution in [2.45, 2.75) is 38.5 Å². The molecule has 1 aliphatic rings. The lowest BCUT2D eigenvalue weighted by atomic mass is 9.80. The van der Waals surface area contributed by atoms with Crippen molar-refractivity contribution in [3.63, 3.8) is 0 Å². The van der Waals surface area contributed by atoms with Crippen LogP contribution in [0.25, 0.3) is 0 Å². The number of rotatable bonds is 5. The van der Waals surface area contributed by atoms with Gasteiger partial charge in [-0.3, -0.25) is 9.59 Å². The lowest BCUT2D eigenvalue weighted by Gasteiger charge is -2.28. The van der Waals surface area contributed by atoms with E-state index in [0.29, 0.717) is 12.8 Å². The largest absolute Gasteiger partial charge is 0.481 e. The quantitative estimate of drug-likeness (QED) is 0.622. The van der Waals surface area contributed by atoms with Crippen LogP contribution in [0.2, 0.25) is 0 Å². The molecule has 5 nitrogen and oxygen atoms in total. The zero-order valence-corrected chi connectivity index (χ0v) is 10.4. The van der Waals surface area contributed by atoms with Crippen molar-refractivity contribution in [3.05, 3.63) is 0 Å². The molecule has 0 aliphatic heterocycles. The van der Waals surface area contributed by atoms with Crippen LogP contribution in [0.4, 0.5) is 0 Å². The van der Waals surface area contributed by atoms with Crippen molar-refractivity contribution in [1.82, 2.24) is 10.6 Å². The molecule has 0 aromatic carbocycles. The van der Waals surface area contributed by atoms with Gasteiger partial charge in [-0.05, 0) is 19.9 Å². The minimum Gasteiger partial charge on any atom is -0.481 e. The highest BCUT2D eigenvalue weighted by molar-refractivity contribution is 5.80. The van der Waals surface area contributed by atoms with Crippen LogP contribution in [0.15, 0.2) is 0 Å². The Bertz CT molecular complexity index is 271. The Hall–Kier alpha value is -1.10. The van der Waals surface area contributed by atoms with E-state index in [2.05, 4.69) is 10.6 Å². The van der Waals surface area contributed by atoms with Crippen LogP contribution in [0.5, 0.6) is 0 Å². The van der Waals surface area contributed by atoms with Gasteiger partial charge in [0.2, 0.25) is 5.91 Å². The SMILES string of the molecule is CNCC(=O)NCC1(C(=O)O)CCCCCC1. The number of carbonyl (C=O) groups excluding carboxylic acids is 1. The second-order valence-electron chi connectivity index (χ2n) is 4.81. The smallest absolute Gasteiger partial charge is 0.311 e. The average molecular weight is 242 g/mol.